The molecule has 0 aromatic heterocycles. The first-order valence-corrected chi connectivity index (χ1v) is 8.90. The molecule has 0 aliphatic carbocycles. The van der Waals surface area contributed by atoms with Crippen LogP contribution < -0.4 is 5.32 Å². The van der Waals surface area contributed by atoms with Crippen molar-refractivity contribution in [3.05, 3.63) is 47.7 Å². The smallest absolute Gasteiger partial charge is 0.410 e. The molecular formula is C19H22N2O6. The second-order valence-electron chi connectivity index (χ2n) is 6.20. The lowest BCUT2D eigenvalue weighted by Crippen LogP contribution is -2.46. The van der Waals surface area contributed by atoms with Crippen LogP contribution in [0.25, 0.3) is 0 Å². The number of carbonyl (C=O) groups is 3. The number of nitrogens with zero attached hydrogens (tertiary/aromatic N) is 1. The average Bonchev–Trinajstić information content (AvgIpc) is 3.28. The first kappa shape index (κ1) is 18.9. The lowest BCUT2D eigenvalue weighted by molar-refractivity contribution is -0.159. The number of ether oxygens (including phenoxy) is 3. The van der Waals surface area contributed by atoms with Crippen molar-refractivity contribution < 1.29 is 28.6 Å². The molecule has 144 valence electrons. The first-order valence-electron chi connectivity index (χ1n) is 8.90. The third-order valence-corrected chi connectivity index (χ3v) is 4.33. The van der Waals surface area contributed by atoms with Crippen LogP contribution in [0.4, 0.5) is 4.79 Å². The number of carbonyl (C=O) groups excluding carboxylic acids is 3. The number of esters is 1. The van der Waals surface area contributed by atoms with E-state index in [0.717, 1.165) is 5.56 Å². The summed E-state index contributed by atoms with van der Waals surface area (Å²) in [5.41, 5.74) is 1.12. The summed E-state index contributed by atoms with van der Waals surface area (Å²) >= 11 is 0. The number of rotatable bonds is 6. The Morgan fingerprint density at radius 3 is 2.81 bits per heavy atom. The van der Waals surface area contributed by atoms with Gasteiger partial charge in [0.15, 0.2) is 0 Å². The van der Waals surface area contributed by atoms with Crippen LogP contribution in [0.5, 0.6) is 0 Å². The molecule has 2 amide bonds. The van der Waals surface area contributed by atoms with Crippen molar-refractivity contribution in [2.75, 3.05) is 13.2 Å². The molecular weight excluding hydrogens is 352 g/mol. The van der Waals surface area contributed by atoms with Crippen LogP contribution in [0.3, 0.4) is 0 Å². The average molecular weight is 374 g/mol. The zero-order valence-electron chi connectivity index (χ0n) is 15.1. The fourth-order valence-electron chi connectivity index (χ4n) is 3.05. The zero-order chi connectivity index (χ0) is 19.2. The molecule has 1 aromatic rings. The van der Waals surface area contributed by atoms with E-state index in [1.165, 1.54) is 11.0 Å². The Hall–Kier alpha value is -2.87. The SMILES string of the molecule is CCO[C@@H]1OC(=O)C=C1NC(=O)[C@@H]1CCCN1C(=O)OCc1ccccc1. The topological polar surface area (TPSA) is 94.2 Å². The molecule has 2 heterocycles. The van der Waals surface area contributed by atoms with Crippen LogP contribution in [0.15, 0.2) is 42.1 Å². The molecule has 0 unspecified atom stereocenters. The molecule has 2 aliphatic rings. The molecule has 0 saturated carbocycles. The normalized spacial score (nSPS) is 21.6. The van der Waals surface area contributed by atoms with E-state index in [9.17, 15) is 14.4 Å². The summed E-state index contributed by atoms with van der Waals surface area (Å²) < 4.78 is 15.6. The highest BCUT2D eigenvalue weighted by Crippen LogP contribution is 2.21. The van der Waals surface area contributed by atoms with Crippen molar-refractivity contribution in [2.45, 2.75) is 38.7 Å². The van der Waals surface area contributed by atoms with Gasteiger partial charge in [-0.15, -0.1) is 0 Å². The highest BCUT2D eigenvalue weighted by Gasteiger charge is 2.37. The quantitative estimate of drug-likeness (QED) is 0.762. The molecule has 1 aromatic carbocycles. The molecule has 0 spiro atoms. The Morgan fingerprint density at radius 1 is 1.30 bits per heavy atom. The van der Waals surface area contributed by atoms with Gasteiger partial charge in [0.1, 0.15) is 12.6 Å². The second kappa shape index (κ2) is 8.68. The molecule has 3 rings (SSSR count). The van der Waals surface area contributed by atoms with E-state index in [0.29, 0.717) is 26.0 Å². The van der Waals surface area contributed by atoms with Crippen molar-refractivity contribution in [1.29, 1.82) is 0 Å². The van der Waals surface area contributed by atoms with Crippen LogP contribution in [0.2, 0.25) is 0 Å². The van der Waals surface area contributed by atoms with Crippen LogP contribution in [-0.2, 0) is 30.4 Å². The summed E-state index contributed by atoms with van der Waals surface area (Å²) in [5, 5.41) is 2.65. The molecule has 8 heteroatoms. The Bertz CT molecular complexity index is 733. The molecule has 8 nitrogen and oxygen atoms in total. The number of hydrogen-bond acceptors (Lipinski definition) is 6. The van der Waals surface area contributed by atoms with Crippen LogP contribution in [0, 0.1) is 0 Å². The van der Waals surface area contributed by atoms with Crippen molar-refractivity contribution in [3.8, 4) is 0 Å². The predicted octanol–water partition coefficient (Wildman–Crippen LogP) is 1.71. The summed E-state index contributed by atoms with van der Waals surface area (Å²) in [5.74, 6) is -0.965. The van der Waals surface area contributed by atoms with Crippen LogP contribution >= 0.6 is 0 Å². The fraction of sp³-hybridized carbons (Fsp3) is 0.421. The van der Waals surface area contributed by atoms with Gasteiger partial charge in [0.25, 0.3) is 0 Å². The Labute approximate surface area is 157 Å². The minimum absolute atomic E-state index is 0.143. The minimum atomic E-state index is -0.925. The van der Waals surface area contributed by atoms with Gasteiger partial charge < -0.3 is 19.5 Å². The van der Waals surface area contributed by atoms with E-state index < -0.39 is 30.3 Å². The molecule has 1 saturated heterocycles. The van der Waals surface area contributed by atoms with Gasteiger partial charge >= 0.3 is 12.1 Å². The van der Waals surface area contributed by atoms with Gasteiger partial charge in [-0.2, -0.15) is 0 Å². The van der Waals surface area contributed by atoms with E-state index in [2.05, 4.69) is 5.32 Å². The fourth-order valence-corrected chi connectivity index (χ4v) is 3.05. The van der Waals surface area contributed by atoms with Crippen molar-refractivity contribution >= 4 is 18.0 Å². The second-order valence-corrected chi connectivity index (χ2v) is 6.20. The largest absolute Gasteiger partial charge is 0.445 e. The monoisotopic (exact) mass is 374 g/mol. The van der Waals surface area contributed by atoms with Gasteiger partial charge in [-0.3, -0.25) is 9.69 Å². The highest BCUT2D eigenvalue weighted by atomic mass is 16.7. The molecule has 2 aliphatic heterocycles. The van der Waals surface area contributed by atoms with Crippen molar-refractivity contribution in [2.24, 2.45) is 0 Å². The van der Waals surface area contributed by atoms with Gasteiger partial charge in [0.05, 0.1) is 5.70 Å². The zero-order valence-corrected chi connectivity index (χ0v) is 15.1. The number of hydrogen-bond donors (Lipinski definition) is 1. The summed E-state index contributed by atoms with van der Waals surface area (Å²) in [4.78, 5) is 37.8. The van der Waals surface area contributed by atoms with Crippen LogP contribution in [-0.4, -0.2) is 48.4 Å². The van der Waals surface area contributed by atoms with Gasteiger partial charge in [0.2, 0.25) is 12.2 Å². The van der Waals surface area contributed by atoms with Gasteiger partial charge in [-0.25, -0.2) is 9.59 Å². The van der Waals surface area contributed by atoms with Crippen molar-refractivity contribution in [1.82, 2.24) is 10.2 Å². The number of likely N-dealkylation sites (tertiary alicyclic amines) is 1. The number of cyclic esters (lactones) is 1. The molecule has 27 heavy (non-hydrogen) atoms. The maximum absolute atomic E-state index is 12.6. The third kappa shape index (κ3) is 4.65. The van der Waals surface area contributed by atoms with E-state index in [1.807, 2.05) is 30.3 Å². The Kier molecular flexibility index (Phi) is 6.08. The van der Waals surface area contributed by atoms with E-state index >= 15 is 0 Å². The predicted molar refractivity (Wildman–Crippen MR) is 94.1 cm³/mol. The van der Waals surface area contributed by atoms with Crippen molar-refractivity contribution in [3.63, 3.8) is 0 Å². The molecule has 1 N–H and O–H groups in total. The summed E-state index contributed by atoms with van der Waals surface area (Å²) in [7, 11) is 0. The Morgan fingerprint density at radius 2 is 2.07 bits per heavy atom. The minimum Gasteiger partial charge on any atom is -0.445 e. The number of benzene rings is 1. The van der Waals surface area contributed by atoms with Crippen LogP contribution in [0.1, 0.15) is 25.3 Å². The maximum Gasteiger partial charge on any atom is 0.410 e. The summed E-state index contributed by atoms with van der Waals surface area (Å²) in [6.07, 6.45) is 0.942. The molecule has 2 atom stereocenters. The van der Waals surface area contributed by atoms with Gasteiger partial charge in [-0.05, 0) is 25.3 Å². The first-order chi connectivity index (χ1) is 13.1. The molecule has 1 fully saturated rings. The number of nitrogens with one attached hydrogen (secondary N) is 1. The highest BCUT2D eigenvalue weighted by molar-refractivity contribution is 5.91. The van der Waals surface area contributed by atoms with E-state index in [4.69, 9.17) is 14.2 Å². The van der Waals surface area contributed by atoms with Gasteiger partial charge in [0, 0.05) is 19.2 Å². The maximum atomic E-state index is 12.6. The van der Waals surface area contributed by atoms with E-state index in [-0.39, 0.29) is 12.3 Å². The van der Waals surface area contributed by atoms with E-state index in [1.54, 1.807) is 6.92 Å². The Balaban J connectivity index is 1.58. The summed E-state index contributed by atoms with van der Waals surface area (Å²) in [6.45, 7) is 2.67. The standard InChI is InChI=1S/C19H22N2O6/c1-2-25-18-14(11-16(22)27-18)20-17(23)15-9-6-10-21(15)19(24)26-12-13-7-4-3-5-8-13/h3-5,7-8,11,15,18H,2,6,9-10,12H2,1H3,(H,20,23)/t15-,18+/m0/s1. The van der Waals surface area contributed by atoms with Gasteiger partial charge in [-0.1, -0.05) is 30.3 Å². The molecule has 0 bridgehead atoms. The lowest BCUT2D eigenvalue weighted by atomic mass is 10.2. The molecule has 0 radical (unpaired) electrons. The third-order valence-electron chi connectivity index (χ3n) is 4.33. The number of amides is 2. The summed E-state index contributed by atoms with van der Waals surface area (Å²) in [6, 6.07) is 8.67. The lowest BCUT2D eigenvalue weighted by Gasteiger charge is -2.24.